The number of carboxylic acids is 1. The number of nitrogens with one attached hydrogen (secondary N) is 3. The Hall–Kier alpha value is -1.81. The van der Waals surface area contributed by atoms with Crippen LogP contribution in [0.15, 0.2) is 0 Å². The first kappa shape index (κ1) is 30.2. The van der Waals surface area contributed by atoms with Crippen LogP contribution < -0.4 is 21.7 Å². The second-order valence-corrected chi connectivity index (χ2v) is 10.00. The molecule has 6 N–H and O–H groups in total. The quantitative estimate of drug-likeness (QED) is 0.240. The SMILES string of the molecule is CCC(C)C(NC(=O)C(CCSC)NC(=O)C(N)C(C)C)C(=O)NC(CC(C)C)C(=O)O. The average molecular weight is 475 g/mol. The van der Waals surface area contributed by atoms with Gasteiger partial charge in [0.2, 0.25) is 17.7 Å². The number of nitrogens with two attached hydrogens (primary N) is 1. The number of hydrogen-bond acceptors (Lipinski definition) is 6. The molecule has 0 aliphatic carbocycles. The minimum absolute atomic E-state index is 0.0735. The summed E-state index contributed by atoms with van der Waals surface area (Å²) < 4.78 is 0. The van der Waals surface area contributed by atoms with E-state index in [1.807, 2.05) is 47.8 Å². The smallest absolute Gasteiger partial charge is 0.326 e. The van der Waals surface area contributed by atoms with Gasteiger partial charge >= 0.3 is 5.97 Å². The van der Waals surface area contributed by atoms with E-state index in [0.29, 0.717) is 18.6 Å². The number of aliphatic carboxylic acids is 1. The zero-order valence-corrected chi connectivity index (χ0v) is 21.3. The fraction of sp³-hybridized carbons (Fsp3) is 0.818. The van der Waals surface area contributed by atoms with Gasteiger partial charge in [-0.05, 0) is 42.6 Å². The molecule has 0 radical (unpaired) electrons. The number of hydrogen-bond donors (Lipinski definition) is 5. The minimum atomic E-state index is -1.12. The third-order valence-corrected chi connectivity index (χ3v) is 6.02. The van der Waals surface area contributed by atoms with E-state index in [9.17, 15) is 24.3 Å². The molecule has 0 rings (SSSR count). The molecule has 0 aliphatic heterocycles. The molecule has 186 valence electrons. The largest absolute Gasteiger partial charge is 0.480 e. The van der Waals surface area contributed by atoms with Crippen LogP contribution in [0.3, 0.4) is 0 Å². The van der Waals surface area contributed by atoms with Gasteiger partial charge in [0.25, 0.3) is 0 Å². The lowest BCUT2D eigenvalue weighted by Crippen LogP contribution is -2.59. The molecule has 0 saturated carbocycles. The van der Waals surface area contributed by atoms with E-state index in [1.165, 1.54) is 11.8 Å². The van der Waals surface area contributed by atoms with Crippen LogP contribution in [0, 0.1) is 17.8 Å². The predicted octanol–water partition coefficient (Wildman–Crippen LogP) is 1.35. The molecular weight excluding hydrogens is 432 g/mol. The zero-order chi connectivity index (χ0) is 25.0. The molecule has 5 atom stereocenters. The lowest BCUT2D eigenvalue weighted by molar-refractivity contribution is -0.143. The van der Waals surface area contributed by atoms with Gasteiger partial charge in [0.15, 0.2) is 0 Å². The van der Waals surface area contributed by atoms with Gasteiger partial charge in [0, 0.05) is 0 Å². The average Bonchev–Trinajstić information content (AvgIpc) is 2.72. The van der Waals surface area contributed by atoms with E-state index in [2.05, 4.69) is 16.0 Å². The highest BCUT2D eigenvalue weighted by Gasteiger charge is 2.33. The summed E-state index contributed by atoms with van der Waals surface area (Å²) in [6.45, 7) is 11.1. The Morgan fingerprint density at radius 3 is 1.91 bits per heavy atom. The molecular formula is C22H42N4O5S. The highest BCUT2D eigenvalue weighted by molar-refractivity contribution is 7.98. The first-order valence-electron chi connectivity index (χ1n) is 11.2. The van der Waals surface area contributed by atoms with Gasteiger partial charge in [-0.2, -0.15) is 11.8 Å². The molecule has 0 aromatic carbocycles. The summed E-state index contributed by atoms with van der Waals surface area (Å²) in [5.41, 5.74) is 5.91. The number of amides is 3. The molecule has 32 heavy (non-hydrogen) atoms. The van der Waals surface area contributed by atoms with Crippen LogP contribution in [0.4, 0.5) is 0 Å². The van der Waals surface area contributed by atoms with Crippen molar-refractivity contribution in [1.82, 2.24) is 16.0 Å². The summed E-state index contributed by atoms with van der Waals surface area (Å²) in [5.74, 6) is -2.19. The van der Waals surface area contributed by atoms with E-state index in [-0.39, 0.29) is 24.2 Å². The van der Waals surface area contributed by atoms with Gasteiger partial charge in [-0.15, -0.1) is 0 Å². The topological polar surface area (TPSA) is 151 Å². The van der Waals surface area contributed by atoms with Crippen LogP contribution in [0.5, 0.6) is 0 Å². The zero-order valence-electron chi connectivity index (χ0n) is 20.4. The lowest BCUT2D eigenvalue weighted by Gasteiger charge is -2.28. The van der Waals surface area contributed by atoms with Gasteiger partial charge in [-0.1, -0.05) is 48.0 Å². The molecule has 0 spiro atoms. The van der Waals surface area contributed by atoms with Crippen molar-refractivity contribution in [3.05, 3.63) is 0 Å². The van der Waals surface area contributed by atoms with Crippen molar-refractivity contribution >= 4 is 35.5 Å². The Morgan fingerprint density at radius 2 is 1.47 bits per heavy atom. The summed E-state index contributed by atoms with van der Waals surface area (Å²) in [6.07, 6.45) is 3.15. The Labute approximate surface area is 196 Å². The van der Waals surface area contributed by atoms with Gasteiger partial charge in [0.05, 0.1) is 6.04 Å². The minimum Gasteiger partial charge on any atom is -0.480 e. The molecule has 10 heteroatoms. The normalized spacial score (nSPS) is 16.1. The second kappa shape index (κ2) is 15.1. The molecule has 0 aliphatic rings. The summed E-state index contributed by atoms with van der Waals surface area (Å²) in [5, 5.41) is 17.5. The van der Waals surface area contributed by atoms with E-state index in [4.69, 9.17) is 5.73 Å². The van der Waals surface area contributed by atoms with Crippen LogP contribution in [-0.2, 0) is 19.2 Å². The summed E-state index contributed by atoms with van der Waals surface area (Å²) >= 11 is 1.54. The maximum absolute atomic E-state index is 13.0. The number of carbonyl (C=O) groups excluding carboxylic acids is 3. The van der Waals surface area contributed by atoms with Crippen LogP contribution in [-0.4, -0.2) is 65.0 Å². The molecule has 5 unspecified atom stereocenters. The van der Waals surface area contributed by atoms with Crippen molar-refractivity contribution in [2.24, 2.45) is 23.5 Å². The van der Waals surface area contributed by atoms with Crippen molar-refractivity contribution in [2.45, 2.75) is 85.0 Å². The molecule has 0 saturated heterocycles. The summed E-state index contributed by atoms with van der Waals surface area (Å²) in [7, 11) is 0. The lowest BCUT2D eigenvalue weighted by atomic mass is 9.96. The number of thioether (sulfide) groups is 1. The van der Waals surface area contributed by atoms with Crippen molar-refractivity contribution in [3.63, 3.8) is 0 Å². The highest BCUT2D eigenvalue weighted by Crippen LogP contribution is 2.12. The van der Waals surface area contributed by atoms with E-state index in [0.717, 1.165) is 0 Å². The Bertz CT molecular complexity index is 629. The van der Waals surface area contributed by atoms with E-state index in [1.54, 1.807) is 0 Å². The molecule has 3 amide bonds. The molecule has 9 nitrogen and oxygen atoms in total. The van der Waals surface area contributed by atoms with Gasteiger partial charge in [-0.3, -0.25) is 14.4 Å². The van der Waals surface area contributed by atoms with Crippen LogP contribution in [0.25, 0.3) is 0 Å². The molecule has 0 bridgehead atoms. The molecule has 0 aromatic rings. The molecule has 0 fully saturated rings. The van der Waals surface area contributed by atoms with Crippen molar-refractivity contribution in [2.75, 3.05) is 12.0 Å². The van der Waals surface area contributed by atoms with Gasteiger partial charge in [-0.25, -0.2) is 4.79 Å². The Balaban J connectivity index is 5.52. The van der Waals surface area contributed by atoms with E-state index < -0.39 is 47.9 Å². The van der Waals surface area contributed by atoms with Crippen LogP contribution >= 0.6 is 11.8 Å². The Morgan fingerprint density at radius 1 is 0.906 bits per heavy atom. The van der Waals surface area contributed by atoms with Gasteiger partial charge < -0.3 is 26.8 Å². The maximum atomic E-state index is 13.0. The number of rotatable bonds is 15. The third kappa shape index (κ3) is 10.7. The van der Waals surface area contributed by atoms with Crippen molar-refractivity contribution in [3.8, 4) is 0 Å². The number of carbonyl (C=O) groups is 4. The van der Waals surface area contributed by atoms with Gasteiger partial charge in [0.1, 0.15) is 18.1 Å². The standard InChI is InChI=1S/C22H42N4O5S/c1-8-14(6)18(21(29)25-16(22(30)31)11-12(2)3)26-19(27)15(9-10-32-7)24-20(28)17(23)13(4)5/h12-18H,8-11,23H2,1-7H3,(H,24,28)(H,25,29)(H,26,27)(H,30,31). The third-order valence-electron chi connectivity index (χ3n) is 5.38. The molecule has 0 aromatic heterocycles. The van der Waals surface area contributed by atoms with Crippen LogP contribution in [0.2, 0.25) is 0 Å². The van der Waals surface area contributed by atoms with Crippen molar-refractivity contribution < 1.29 is 24.3 Å². The second-order valence-electron chi connectivity index (χ2n) is 9.01. The first-order chi connectivity index (χ1) is 14.8. The maximum Gasteiger partial charge on any atom is 0.326 e. The molecule has 0 heterocycles. The fourth-order valence-corrected chi connectivity index (χ4v) is 3.46. The van der Waals surface area contributed by atoms with Crippen molar-refractivity contribution in [1.29, 1.82) is 0 Å². The first-order valence-corrected chi connectivity index (χ1v) is 12.6. The highest BCUT2D eigenvalue weighted by atomic mass is 32.2. The van der Waals surface area contributed by atoms with Crippen LogP contribution in [0.1, 0.15) is 60.8 Å². The number of carboxylic acid groups (broad SMARTS) is 1. The monoisotopic (exact) mass is 474 g/mol. The van der Waals surface area contributed by atoms with E-state index >= 15 is 0 Å². The summed E-state index contributed by atoms with van der Waals surface area (Å²) in [6, 6.07) is -3.55. The fourth-order valence-electron chi connectivity index (χ4n) is 2.99. The predicted molar refractivity (Wildman–Crippen MR) is 128 cm³/mol. The Kier molecular flexibility index (Phi) is 14.2. The summed E-state index contributed by atoms with van der Waals surface area (Å²) in [4.78, 5) is 50.0.